The maximum Gasteiger partial charge on any atom is 0.312 e. The monoisotopic (exact) mass is 434 g/mol. The van der Waals surface area contributed by atoms with Crippen LogP contribution in [0.3, 0.4) is 0 Å². The molecule has 0 aromatic heterocycles. The molecular weight excluding hydrogens is 392 g/mol. The number of Topliss-reactive ketones (excluding diaryl/α,β-unsaturated/α-hetero) is 1. The van der Waals surface area contributed by atoms with Crippen molar-refractivity contribution in [2.75, 3.05) is 7.11 Å². The Kier molecular flexibility index (Phi) is 6.93. The predicted octanol–water partition coefficient (Wildman–Crippen LogP) is 5.49. The lowest BCUT2D eigenvalue weighted by Crippen LogP contribution is -2.50. The molecule has 0 spiro atoms. The van der Waals surface area contributed by atoms with Crippen LogP contribution in [0.25, 0.3) is 0 Å². The third kappa shape index (κ3) is 5.01. The van der Waals surface area contributed by atoms with Gasteiger partial charge in [-0.25, -0.2) is 0 Å². The molecule has 5 nitrogen and oxygen atoms in total. The highest BCUT2D eigenvalue weighted by Crippen LogP contribution is 2.60. The van der Waals surface area contributed by atoms with Gasteiger partial charge in [0.05, 0.1) is 17.9 Å². The largest absolute Gasteiger partial charge is 0.469 e. The summed E-state index contributed by atoms with van der Waals surface area (Å²) in [5, 5.41) is 0. The first-order chi connectivity index (χ1) is 14.4. The van der Waals surface area contributed by atoms with E-state index in [0.29, 0.717) is 31.5 Å². The summed E-state index contributed by atoms with van der Waals surface area (Å²) in [5.74, 6) is 1.98. The number of esters is 2. The second-order valence-corrected chi connectivity index (χ2v) is 11.8. The zero-order valence-electron chi connectivity index (χ0n) is 20.4. The molecule has 0 aromatic carbocycles. The smallest absolute Gasteiger partial charge is 0.312 e. The molecule has 4 bridgehead atoms. The molecule has 4 rings (SSSR count). The zero-order chi connectivity index (χ0) is 23.0. The Labute approximate surface area is 188 Å². The fourth-order valence-corrected chi connectivity index (χ4v) is 6.69. The highest BCUT2D eigenvalue weighted by atomic mass is 16.5. The van der Waals surface area contributed by atoms with Gasteiger partial charge in [0.2, 0.25) is 0 Å². The van der Waals surface area contributed by atoms with Gasteiger partial charge in [-0.2, -0.15) is 0 Å². The first kappa shape index (κ1) is 24.3. The molecule has 31 heavy (non-hydrogen) atoms. The molecule has 4 saturated carbocycles. The summed E-state index contributed by atoms with van der Waals surface area (Å²) in [5.41, 5.74) is -1.47. The van der Waals surface area contributed by atoms with Crippen LogP contribution < -0.4 is 0 Å². The molecule has 0 saturated heterocycles. The second-order valence-electron chi connectivity index (χ2n) is 11.8. The number of hydrogen-bond acceptors (Lipinski definition) is 5. The molecular formula is C26H42O5. The van der Waals surface area contributed by atoms with Crippen molar-refractivity contribution >= 4 is 17.7 Å². The van der Waals surface area contributed by atoms with E-state index in [0.717, 1.165) is 37.0 Å². The van der Waals surface area contributed by atoms with Gasteiger partial charge in [-0.3, -0.25) is 14.4 Å². The molecule has 2 atom stereocenters. The van der Waals surface area contributed by atoms with E-state index in [1.165, 1.54) is 26.4 Å². The van der Waals surface area contributed by atoms with Crippen LogP contribution in [0.4, 0.5) is 0 Å². The van der Waals surface area contributed by atoms with E-state index in [1.807, 2.05) is 34.6 Å². The van der Waals surface area contributed by atoms with Crippen molar-refractivity contribution in [2.24, 2.45) is 34.0 Å². The maximum atomic E-state index is 13.3. The van der Waals surface area contributed by atoms with Crippen LogP contribution in [0.5, 0.6) is 0 Å². The van der Waals surface area contributed by atoms with Gasteiger partial charge in [0, 0.05) is 11.8 Å². The molecule has 5 heteroatoms. The van der Waals surface area contributed by atoms with Gasteiger partial charge in [-0.1, -0.05) is 6.92 Å². The fraction of sp³-hybridized carbons (Fsp3) is 0.885. The Bertz CT molecular complexity index is 673. The van der Waals surface area contributed by atoms with Crippen LogP contribution >= 0.6 is 0 Å². The molecule has 0 N–H and O–H groups in total. The standard InChI is InChI=1S/C26H42O5/c1-7-25(5,9-8-24(3,4)22(28)30-6)23(29)31-17(2)10-21(27)26-14-18-11-19(15-26)13-20(12-18)16-26/h17-20H,7-16H2,1-6H3. The number of ether oxygens (including phenoxy) is 2. The molecule has 176 valence electrons. The van der Waals surface area contributed by atoms with Gasteiger partial charge in [-0.15, -0.1) is 0 Å². The minimum Gasteiger partial charge on any atom is -0.469 e. The molecule has 4 aliphatic carbocycles. The summed E-state index contributed by atoms with van der Waals surface area (Å²) in [4.78, 5) is 38.4. The Morgan fingerprint density at radius 1 is 0.935 bits per heavy atom. The molecule has 4 aliphatic rings. The van der Waals surface area contributed by atoms with Crippen LogP contribution in [0.2, 0.25) is 0 Å². The van der Waals surface area contributed by atoms with E-state index in [2.05, 4.69) is 0 Å². The van der Waals surface area contributed by atoms with Crippen molar-refractivity contribution < 1.29 is 23.9 Å². The Morgan fingerprint density at radius 2 is 1.45 bits per heavy atom. The van der Waals surface area contributed by atoms with Crippen LogP contribution in [-0.2, 0) is 23.9 Å². The third-order valence-electron chi connectivity index (χ3n) is 8.72. The van der Waals surface area contributed by atoms with Crippen molar-refractivity contribution in [1.82, 2.24) is 0 Å². The van der Waals surface area contributed by atoms with Gasteiger partial charge in [0.25, 0.3) is 0 Å². The summed E-state index contributed by atoms with van der Waals surface area (Å²) in [6.45, 7) is 9.40. The number of ketones is 1. The third-order valence-corrected chi connectivity index (χ3v) is 8.72. The van der Waals surface area contributed by atoms with Gasteiger partial charge in [0.15, 0.2) is 0 Å². The Balaban J connectivity index is 1.56. The minimum absolute atomic E-state index is 0.145. The average Bonchev–Trinajstić information content (AvgIpc) is 2.70. The van der Waals surface area contributed by atoms with E-state index in [-0.39, 0.29) is 17.4 Å². The second kappa shape index (κ2) is 8.86. The zero-order valence-corrected chi connectivity index (χ0v) is 20.4. The van der Waals surface area contributed by atoms with E-state index < -0.39 is 16.9 Å². The Morgan fingerprint density at radius 3 is 1.90 bits per heavy atom. The topological polar surface area (TPSA) is 69.7 Å². The highest BCUT2D eigenvalue weighted by molar-refractivity contribution is 5.86. The van der Waals surface area contributed by atoms with Crippen molar-refractivity contribution in [3.05, 3.63) is 0 Å². The van der Waals surface area contributed by atoms with E-state index in [1.54, 1.807) is 0 Å². The van der Waals surface area contributed by atoms with Crippen molar-refractivity contribution in [3.63, 3.8) is 0 Å². The molecule has 0 aromatic rings. The van der Waals surface area contributed by atoms with E-state index >= 15 is 0 Å². The van der Waals surface area contributed by atoms with Crippen LogP contribution in [-0.4, -0.2) is 30.9 Å². The summed E-state index contributed by atoms with van der Waals surface area (Å²) in [7, 11) is 1.39. The first-order valence-corrected chi connectivity index (χ1v) is 12.3. The van der Waals surface area contributed by atoms with Crippen LogP contribution in [0, 0.1) is 34.0 Å². The van der Waals surface area contributed by atoms with Gasteiger partial charge >= 0.3 is 11.9 Å². The molecule has 2 unspecified atom stereocenters. The van der Waals surface area contributed by atoms with E-state index in [4.69, 9.17) is 9.47 Å². The number of rotatable bonds is 10. The predicted molar refractivity (Wildman–Crippen MR) is 119 cm³/mol. The summed E-state index contributed by atoms with van der Waals surface area (Å²) in [6, 6.07) is 0. The first-order valence-electron chi connectivity index (χ1n) is 12.3. The fourth-order valence-electron chi connectivity index (χ4n) is 6.69. The molecule has 4 fully saturated rings. The lowest BCUT2D eigenvalue weighted by Gasteiger charge is -2.56. The summed E-state index contributed by atoms with van der Waals surface area (Å²) in [6.07, 6.45) is 8.71. The highest BCUT2D eigenvalue weighted by Gasteiger charge is 2.54. The molecule has 0 heterocycles. The maximum absolute atomic E-state index is 13.3. The number of carbonyl (C=O) groups excluding carboxylic acids is 3. The van der Waals surface area contributed by atoms with Gasteiger partial charge in [0.1, 0.15) is 11.9 Å². The minimum atomic E-state index is -0.677. The number of methoxy groups -OCH3 is 1. The lowest BCUT2D eigenvalue weighted by atomic mass is 9.48. The van der Waals surface area contributed by atoms with Crippen molar-refractivity contribution in [2.45, 2.75) is 105 Å². The van der Waals surface area contributed by atoms with Crippen LogP contribution in [0.15, 0.2) is 0 Å². The van der Waals surface area contributed by atoms with Gasteiger partial charge < -0.3 is 9.47 Å². The quantitative estimate of drug-likeness (QED) is 0.425. The normalized spacial score (nSPS) is 32.3. The summed E-state index contributed by atoms with van der Waals surface area (Å²) >= 11 is 0. The number of hydrogen-bond donors (Lipinski definition) is 0. The van der Waals surface area contributed by atoms with Crippen molar-refractivity contribution in [1.29, 1.82) is 0 Å². The summed E-state index contributed by atoms with van der Waals surface area (Å²) < 4.78 is 10.7. The lowest BCUT2D eigenvalue weighted by molar-refractivity contribution is -0.164. The van der Waals surface area contributed by atoms with Crippen molar-refractivity contribution in [3.8, 4) is 0 Å². The van der Waals surface area contributed by atoms with Crippen LogP contribution in [0.1, 0.15) is 98.8 Å². The molecule has 0 radical (unpaired) electrons. The average molecular weight is 435 g/mol. The molecule has 0 aliphatic heterocycles. The number of carbonyl (C=O) groups is 3. The molecule has 0 amide bonds. The Hall–Kier alpha value is -1.39. The van der Waals surface area contributed by atoms with Gasteiger partial charge in [-0.05, 0) is 103 Å². The van der Waals surface area contributed by atoms with E-state index in [9.17, 15) is 14.4 Å². The SMILES string of the molecule is CCC(C)(CCC(C)(C)C(=O)OC)C(=O)OC(C)CC(=O)C12CC3CC(CC(C3)C1)C2.